The van der Waals surface area contributed by atoms with Gasteiger partial charge in [-0.25, -0.2) is 0 Å². The second-order valence-corrected chi connectivity index (χ2v) is 6.55. The fraction of sp³-hybridized carbons (Fsp3) is 0.647. The Labute approximate surface area is 167 Å². The third kappa shape index (κ3) is 6.50. The van der Waals surface area contributed by atoms with Crippen LogP contribution in [0, 0.1) is 5.92 Å². The summed E-state index contributed by atoms with van der Waals surface area (Å²) in [5.41, 5.74) is 5.34. The van der Waals surface area contributed by atoms with Gasteiger partial charge < -0.3 is 20.4 Å². The van der Waals surface area contributed by atoms with E-state index in [9.17, 15) is 4.79 Å². The molecule has 0 bridgehead atoms. The number of guanidine groups is 1. The van der Waals surface area contributed by atoms with Crippen molar-refractivity contribution < 1.29 is 9.21 Å². The van der Waals surface area contributed by atoms with Gasteiger partial charge in [-0.15, -0.1) is 24.0 Å². The van der Waals surface area contributed by atoms with Gasteiger partial charge in [-0.3, -0.25) is 14.7 Å². The maximum absolute atomic E-state index is 11.2. The first-order valence-corrected chi connectivity index (χ1v) is 8.45. The number of aliphatic imine (C=N–C) groups is 1. The topological polar surface area (TPSA) is 87.1 Å². The minimum atomic E-state index is -0.227. The Kier molecular flexibility index (Phi) is 9.26. The van der Waals surface area contributed by atoms with Gasteiger partial charge in [0.25, 0.3) is 0 Å². The molecular formula is C17H30IN5O2. The number of piperidine rings is 1. The first-order chi connectivity index (χ1) is 11.5. The molecule has 142 valence electrons. The highest BCUT2D eigenvalue weighted by Gasteiger charge is 2.24. The monoisotopic (exact) mass is 463 g/mol. The average molecular weight is 463 g/mol. The molecule has 1 aliphatic heterocycles. The SMILES string of the molecule is CN=C(NCC(c1ccco1)N(C)C)N1CCCC(CC(N)=O)C1.I. The van der Waals surface area contributed by atoms with Crippen LogP contribution in [-0.4, -0.2) is 62.4 Å². The molecular weight excluding hydrogens is 433 g/mol. The standard InChI is InChI=1S/C17H29N5O2.HI/c1-19-17(22-8-4-6-13(12-22)10-16(18)23)20-11-14(21(2)3)15-7-5-9-24-15;/h5,7,9,13-14H,4,6,8,10-12H2,1-3H3,(H2,18,23)(H,19,20);1H. The van der Waals surface area contributed by atoms with Crippen LogP contribution in [0.5, 0.6) is 0 Å². The van der Waals surface area contributed by atoms with Gasteiger partial charge in [0.1, 0.15) is 5.76 Å². The van der Waals surface area contributed by atoms with Crippen LogP contribution in [-0.2, 0) is 4.79 Å². The van der Waals surface area contributed by atoms with Crippen LogP contribution in [0.25, 0.3) is 0 Å². The van der Waals surface area contributed by atoms with Crippen molar-refractivity contribution in [1.29, 1.82) is 0 Å². The summed E-state index contributed by atoms with van der Waals surface area (Å²) in [6, 6.07) is 4.02. The van der Waals surface area contributed by atoms with Crippen LogP contribution in [0.3, 0.4) is 0 Å². The van der Waals surface area contributed by atoms with E-state index in [1.807, 2.05) is 26.2 Å². The van der Waals surface area contributed by atoms with E-state index >= 15 is 0 Å². The number of carbonyl (C=O) groups excluding carboxylic acids is 1. The second kappa shape index (κ2) is 10.6. The number of likely N-dealkylation sites (tertiary alicyclic amines) is 1. The molecule has 2 rings (SSSR count). The fourth-order valence-electron chi connectivity index (χ4n) is 3.25. The molecule has 8 heteroatoms. The molecule has 1 saturated heterocycles. The number of halogens is 1. The van der Waals surface area contributed by atoms with Gasteiger partial charge in [-0.1, -0.05) is 0 Å². The molecule has 1 amide bonds. The molecule has 0 saturated carbocycles. The number of furan rings is 1. The zero-order chi connectivity index (χ0) is 17.5. The summed E-state index contributed by atoms with van der Waals surface area (Å²) in [5, 5.41) is 3.44. The van der Waals surface area contributed by atoms with Gasteiger partial charge in [0, 0.05) is 33.1 Å². The number of hydrogen-bond acceptors (Lipinski definition) is 4. The number of nitrogens with one attached hydrogen (secondary N) is 1. The lowest BCUT2D eigenvalue weighted by molar-refractivity contribution is -0.119. The predicted molar refractivity (Wildman–Crippen MR) is 110 cm³/mol. The van der Waals surface area contributed by atoms with E-state index in [0.29, 0.717) is 18.9 Å². The molecule has 2 atom stereocenters. The van der Waals surface area contributed by atoms with Crippen LogP contribution in [0.2, 0.25) is 0 Å². The molecule has 0 spiro atoms. The Bertz CT molecular complexity index is 547. The molecule has 25 heavy (non-hydrogen) atoms. The quantitative estimate of drug-likeness (QED) is 0.381. The Balaban J connectivity index is 0.00000312. The lowest BCUT2D eigenvalue weighted by atomic mass is 9.95. The van der Waals surface area contributed by atoms with E-state index in [0.717, 1.165) is 37.7 Å². The lowest BCUT2D eigenvalue weighted by Crippen LogP contribution is -2.48. The molecule has 1 aliphatic rings. The molecule has 3 N–H and O–H groups in total. The van der Waals surface area contributed by atoms with Crippen molar-refractivity contribution in [2.75, 3.05) is 40.8 Å². The molecule has 2 heterocycles. The Morgan fingerprint density at radius 2 is 2.32 bits per heavy atom. The third-order valence-corrected chi connectivity index (χ3v) is 4.47. The maximum atomic E-state index is 11.2. The molecule has 7 nitrogen and oxygen atoms in total. The van der Waals surface area contributed by atoms with Gasteiger partial charge in [0.2, 0.25) is 5.91 Å². The van der Waals surface area contributed by atoms with Crippen molar-refractivity contribution in [2.45, 2.75) is 25.3 Å². The first-order valence-electron chi connectivity index (χ1n) is 8.45. The van der Waals surface area contributed by atoms with Gasteiger partial charge >= 0.3 is 0 Å². The molecule has 2 unspecified atom stereocenters. The summed E-state index contributed by atoms with van der Waals surface area (Å²) in [6.07, 6.45) is 4.23. The number of rotatable bonds is 6. The van der Waals surface area contributed by atoms with Crippen molar-refractivity contribution in [1.82, 2.24) is 15.1 Å². The van der Waals surface area contributed by atoms with Crippen LogP contribution >= 0.6 is 24.0 Å². The normalized spacial score (nSPS) is 19.4. The molecule has 1 aromatic rings. The van der Waals surface area contributed by atoms with Crippen molar-refractivity contribution in [2.24, 2.45) is 16.6 Å². The average Bonchev–Trinajstić information content (AvgIpc) is 3.05. The fourth-order valence-corrected chi connectivity index (χ4v) is 3.25. The first kappa shape index (κ1) is 21.8. The third-order valence-electron chi connectivity index (χ3n) is 4.47. The van der Waals surface area contributed by atoms with E-state index in [-0.39, 0.29) is 35.9 Å². The summed E-state index contributed by atoms with van der Waals surface area (Å²) in [4.78, 5) is 19.9. The zero-order valence-electron chi connectivity index (χ0n) is 15.3. The summed E-state index contributed by atoms with van der Waals surface area (Å²) in [7, 11) is 5.85. The minimum absolute atomic E-state index is 0. The van der Waals surface area contributed by atoms with E-state index in [2.05, 4.69) is 20.1 Å². The largest absolute Gasteiger partial charge is 0.468 e. The summed E-state index contributed by atoms with van der Waals surface area (Å²) >= 11 is 0. The molecule has 1 aromatic heterocycles. The van der Waals surface area contributed by atoms with Crippen molar-refractivity contribution in [3.63, 3.8) is 0 Å². The minimum Gasteiger partial charge on any atom is -0.468 e. The number of nitrogens with two attached hydrogens (primary N) is 1. The van der Waals surface area contributed by atoms with E-state index in [4.69, 9.17) is 10.2 Å². The molecule has 0 radical (unpaired) electrons. The highest BCUT2D eigenvalue weighted by molar-refractivity contribution is 14.0. The molecule has 1 fully saturated rings. The van der Waals surface area contributed by atoms with Crippen molar-refractivity contribution in [3.8, 4) is 0 Å². The Morgan fingerprint density at radius 3 is 2.88 bits per heavy atom. The van der Waals surface area contributed by atoms with Gasteiger partial charge in [0.05, 0.1) is 12.3 Å². The van der Waals surface area contributed by atoms with Gasteiger partial charge in [-0.05, 0) is 45.0 Å². The number of likely N-dealkylation sites (N-methyl/N-ethyl adjacent to an activating group) is 1. The summed E-state index contributed by atoms with van der Waals surface area (Å²) < 4.78 is 5.54. The van der Waals surface area contributed by atoms with Crippen molar-refractivity contribution >= 4 is 35.8 Å². The van der Waals surface area contributed by atoms with Gasteiger partial charge in [-0.2, -0.15) is 0 Å². The summed E-state index contributed by atoms with van der Waals surface area (Å²) in [6.45, 7) is 2.46. The maximum Gasteiger partial charge on any atom is 0.217 e. The number of carbonyl (C=O) groups is 1. The number of amides is 1. The number of nitrogens with zero attached hydrogens (tertiary/aromatic N) is 3. The van der Waals surface area contributed by atoms with Crippen LogP contribution in [0.1, 0.15) is 31.1 Å². The van der Waals surface area contributed by atoms with Crippen LogP contribution in [0.15, 0.2) is 27.8 Å². The van der Waals surface area contributed by atoms with Crippen molar-refractivity contribution in [3.05, 3.63) is 24.2 Å². The second-order valence-electron chi connectivity index (χ2n) is 6.55. The van der Waals surface area contributed by atoms with Gasteiger partial charge in [0.15, 0.2) is 5.96 Å². The number of primary amides is 1. The Hall–Kier alpha value is -1.29. The summed E-state index contributed by atoms with van der Waals surface area (Å²) in [5.74, 6) is 1.87. The molecule has 0 aromatic carbocycles. The highest BCUT2D eigenvalue weighted by atomic mass is 127. The highest BCUT2D eigenvalue weighted by Crippen LogP contribution is 2.20. The number of hydrogen-bond donors (Lipinski definition) is 2. The van der Waals surface area contributed by atoms with E-state index in [1.165, 1.54) is 0 Å². The van der Waals surface area contributed by atoms with E-state index in [1.54, 1.807) is 13.3 Å². The van der Waals surface area contributed by atoms with Crippen LogP contribution < -0.4 is 11.1 Å². The van der Waals surface area contributed by atoms with Crippen LogP contribution in [0.4, 0.5) is 0 Å². The molecule has 0 aliphatic carbocycles. The Morgan fingerprint density at radius 1 is 1.56 bits per heavy atom. The lowest BCUT2D eigenvalue weighted by Gasteiger charge is -2.35. The zero-order valence-corrected chi connectivity index (χ0v) is 17.6. The predicted octanol–water partition coefficient (Wildman–Crippen LogP) is 1.66. The van der Waals surface area contributed by atoms with E-state index < -0.39 is 0 Å². The smallest absolute Gasteiger partial charge is 0.217 e.